The Balaban J connectivity index is 1.40. The fourth-order valence-electron chi connectivity index (χ4n) is 4.96. The molecule has 2 saturated heterocycles. The molecule has 7 heteroatoms. The van der Waals surface area contributed by atoms with Crippen molar-refractivity contribution in [3.63, 3.8) is 0 Å². The van der Waals surface area contributed by atoms with Gasteiger partial charge >= 0.3 is 0 Å². The highest BCUT2D eigenvalue weighted by Crippen LogP contribution is 2.33. The summed E-state index contributed by atoms with van der Waals surface area (Å²) in [5.74, 6) is 0.786. The summed E-state index contributed by atoms with van der Waals surface area (Å²) in [5, 5.41) is 11.4. The predicted octanol–water partition coefficient (Wildman–Crippen LogP) is 2.71. The van der Waals surface area contributed by atoms with Crippen LogP contribution >= 0.6 is 0 Å². The zero-order valence-corrected chi connectivity index (χ0v) is 16.4. The number of aromatic nitrogens is 4. The van der Waals surface area contributed by atoms with Crippen LogP contribution in [0.4, 0.5) is 0 Å². The summed E-state index contributed by atoms with van der Waals surface area (Å²) in [4.78, 5) is 19.9. The van der Waals surface area contributed by atoms with Crippen molar-refractivity contribution in [2.24, 2.45) is 7.05 Å². The van der Waals surface area contributed by atoms with Gasteiger partial charge in [0.05, 0.1) is 5.52 Å². The predicted molar refractivity (Wildman–Crippen MR) is 108 cm³/mol. The van der Waals surface area contributed by atoms with Gasteiger partial charge in [-0.1, -0.05) is 6.42 Å². The van der Waals surface area contributed by atoms with Crippen molar-refractivity contribution in [1.29, 1.82) is 0 Å². The number of hydrogen-bond acceptors (Lipinski definition) is 4. The first-order valence-corrected chi connectivity index (χ1v) is 10.1. The maximum Gasteiger partial charge on any atom is 0.272 e. The van der Waals surface area contributed by atoms with E-state index in [1.54, 1.807) is 6.20 Å². The average Bonchev–Trinajstić information content (AvgIpc) is 3.28. The molecule has 0 spiro atoms. The maximum atomic E-state index is 13.0. The highest BCUT2D eigenvalue weighted by atomic mass is 16.2. The highest BCUT2D eigenvalue weighted by Gasteiger charge is 2.36. The topological polar surface area (TPSA) is 78.8 Å². The number of benzene rings is 1. The van der Waals surface area contributed by atoms with E-state index in [2.05, 4.69) is 32.4 Å². The second-order valence-corrected chi connectivity index (χ2v) is 8.24. The van der Waals surface area contributed by atoms with Gasteiger partial charge in [-0.2, -0.15) is 5.10 Å². The van der Waals surface area contributed by atoms with Gasteiger partial charge in [0.2, 0.25) is 0 Å². The fourth-order valence-corrected chi connectivity index (χ4v) is 4.96. The molecule has 0 aliphatic carbocycles. The minimum atomic E-state index is -0.0872. The molecular weight excluding hydrogens is 352 g/mol. The van der Waals surface area contributed by atoms with Crippen LogP contribution in [-0.2, 0) is 7.05 Å². The first-order valence-electron chi connectivity index (χ1n) is 10.1. The lowest BCUT2D eigenvalue weighted by Crippen LogP contribution is -2.55. The fraction of sp³-hybridized carbons (Fsp3) is 0.476. The van der Waals surface area contributed by atoms with E-state index in [0.29, 0.717) is 17.8 Å². The molecule has 1 amide bonds. The van der Waals surface area contributed by atoms with Gasteiger partial charge in [-0.3, -0.25) is 9.89 Å². The Morgan fingerprint density at radius 2 is 2.00 bits per heavy atom. The molecule has 2 N–H and O–H groups in total. The third-order valence-electron chi connectivity index (χ3n) is 6.53. The smallest absolute Gasteiger partial charge is 0.272 e. The molecule has 2 bridgehead atoms. The third-order valence-corrected chi connectivity index (χ3v) is 6.53. The molecule has 0 radical (unpaired) electrons. The van der Waals surface area contributed by atoms with E-state index in [4.69, 9.17) is 0 Å². The summed E-state index contributed by atoms with van der Waals surface area (Å²) in [6.45, 7) is 0. The molecule has 2 aliphatic heterocycles. The third kappa shape index (κ3) is 2.90. The highest BCUT2D eigenvalue weighted by molar-refractivity contribution is 6.05. The van der Waals surface area contributed by atoms with E-state index in [-0.39, 0.29) is 11.9 Å². The second kappa shape index (κ2) is 6.74. The summed E-state index contributed by atoms with van der Waals surface area (Å²) in [6, 6.07) is 7.36. The molecule has 7 nitrogen and oxygen atoms in total. The number of carbonyl (C=O) groups is 1. The van der Waals surface area contributed by atoms with Gasteiger partial charge in [-0.25, -0.2) is 4.98 Å². The number of imidazole rings is 1. The van der Waals surface area contributed by atoms with Crippen LogP contribution < -0.4 is 5.32 Å². The number of aromatic amines is 1. The summed E-state index contributed by atoms with van der Waals surface area (Å²) in [7, 11) is 4.19. The lowest BCUT2D eigenvalue weighted by atomic mass is 9.82. The van der Waals surface area contributed by atoms with Crippen molar-refractivity contribution in [1.82, 2.24) is 30.0 Å². The van der Waals surface area contributed by atoms with Crippen LogP contribution in [0.25, 0.3) is 22.3 Å². The number of carbonyl (C=O) groups excluding carboxylic acids is 1. The molecule has 2 atom stereocenters. The van der Waals surface area contributed by atoms with Crippen molar-refractivity contribution < 1.29 is 4.79 Å². The van der Waals surface area contributed by atoms with Crippen LogP contribution in [0.5, 0.6) is 0 Å². The Morgan fingerprint density at radius 3 is 2.71 bits per heavy atom. The number of amides is 1. The molecule has 146 valence electrons. The number of H-pyrrole nitrogens is 1. The number of aryl methyl sites for hydroxylation is 1. The number of nitrogens with zero attached hydrogens (tertiary/aromatic N) is 4. The van der Waals surface area contributed by atoms with Gasteiger partial charge in [0.15, 0.2) is 5.69 Å². The van der Waals surface area contributed by atoms with Crippen molar-refractivity contribution in [3.8, 4) is 11.4 Å². The normalized spacial score (nSPS) is 25.1. The monoisotopic (exact) mass is 378 g/mol. The van der Waals surface area contributed by atoms with Crippen LogP contribution in [0, 0.1) is 0 Å². The van der Waals surface area contributed by atoms with E-state index < -0.39 is 0 Å². The van der Waals surface area contributed by atoms with Crippen LogP contribution in [0.2, 0.25) is 0 Å². The SMILES string of the molecule is CN1C2CCCC1CC(NC(=O)c1n[nH]c3ccc(-c4nccn4C)cc13)C2. The molecule has 2 fully saturated rings. The molecule has 2 unspecified atom stereocenters. The van der Waals surface area contributed by atoms with Gasteiger partial charge in [-0.05, 0) is 50.9 Å². The Morgan fingerprint density at radius 1 is 1.21 bits per heavy atom. The Labute approximate surface area is 164 Å². The van der Waals surface area contributed by atoms with Crippen molar-refractivity contribution >= 4 is 16.8 Å². The average molecular weight is 378 g/mol. The van der Waals surface area contributed by atoms with Crippen molar-refractivity contribution in [3.05, 3.63) is 36.3 Å². The Kier molecular flexibility index (Phi) is 4.19. The van der Waals surface area contributed by atoms with E-state index in [1.807, 2.05) is 36.0 Å². The van der Waals surface area contributed by atoms with Crippen molar-refractivity contribution in [2.45, 2.75) is 50.2 Å². The van der Waals surface area contributed by atoms with Gasteiger partial charge in [0.1, 0.15) is 5.82 Å². The second-order valence-electron chi connectivity index (χ2n) is 8.24. The van der Waals surface area contributed by atoms with Gasteiger partial charge in [0, 0.05) is 48.5 Å². The number of nitrogens with one attached hydrogen (secondary N) is 2. The van der Waals surface area contributed by atoms with Gasteiger partial charge in [-0.15, -0.1) is 0 Å². The molecule has 5 rings (SSSR count). The number of fused-ring (bicyclic) bond motifs is 3. The molecule has 0 saturated carbocycles. The largest absolute Gasteiger partial charge is 0.348 e. The minimum Gasteiger partial charge on any atom is -0.348 e. The van der Waals surface area contributed by atoms with Crippen LogP contribution in [0.1, 0.15) is 42.6 Å². The quantitative estimate of drug-likeness (QED) is 0.734. The van der Waals surface area contributed by atoms with Crippen LogP contribution in [-0.4, -0.2) is 55.7 Å². The molecular formula is C21H26N6O. The molecule has 28 heavy (non-hydrogen) atoms. The van der Waals surface area contributed by atoms with E-state index in [9.17, 15) is 4.79 Å². The van der Waals surface area contributed by atoms with Crippen LogP contribution in [0.3, 0.4) is 0 Å². The minimum absolute atomic E-state index is 0.0872. The van der Waals surface area contributed by atoms with E-state index in [1.165, 1.54) is 19.3 Å². The van der Waals surface area contributed by atoms with Gasteiger partial charge in [0.25, 0.3) is 5.91 Å². The summed E-state index contributed by atoms with van der Waals surface area (Å²) in [6.07, 6.45) is 9.52. The van der Waals surface area contributed by atoms with Crippen molar-refractivity contribution in [2.75, 3.05) is 7.05 Å². The molecule has 2 aromatic heterocycles. The summed E-state index contributed by atoms with van der Waals surface area (Å²) in [5.41, 5.74) is 2.31. The molecule has 1 aromatic carbocycles. The molecule has 3 aromatic rings. The first-order chi connectivity index (χ1) is 13.6. The van der Waals surface area contributed by atoms with E-state index >= 15 is 0 Å². The first kappa shape index (κ1) is 17.4. The van der Waals surface area contributed by atoms with E-state index in [0.717, 1.165) is 35.1 Å². The maximum absolute atomic E-state index is 13.0. The number of piperidine rings is 2. The molecule has 4 heterocycles. The summed E-state index contributed by atoms with van der Waals surface area (Å²) >= 11 is 0. The van der Waals surface area contributed by atoms with Gasteiger partial charge < -0.3 is 14.8 Å². The molecule has 2 aliphatic rings. The standard InChI is InChI=1S/C21H26N6O/c1-26-9-8-22-20(26)13-6-7-18-17(10-13)19(25-24-18)21(28)23-14-11-15-4-3-5-16(12-14)27(15)2/h6-10,14-16H,3-5,11-12H2,1-2H3,(H,23,28)(H,24,25). The zero-order valence-electron chi connectivity index (χ0n) is 16.4. The van der Waals surface area contributed by atoms with Crippen LogP contribution in [0.15, 0.2) is 30.6 Å². The lowest BCUT2D eigenvalue weighted by Gasteiger charge is -2.47. The number of rotatable bonds is 3. The lowest BCUT2D eigenvalue weighted by molar-refractivity contribution is 0.0462. The Hall–Kier alpha value is -2.67. The zero-order chi connectivity index (χ0) is 19.3. The summed E-state index contributed by atoms with van der Waals surface area (Å²) < 4.78 is 1.97. The number of hydrogen-bond donors (Lipinski definition) is 2. The Bertz CT molecular complexity index is 1010.